The van der Waals surface area contributed by atoms with Crippen LogP contribution in [0.1, 0.15) is 36.7 Å². The molecule has 0 saturated carbocycles. The van der Waals surface area contributed by atoms with Crippen LogP contribution in [-0.2, 0) is 17.7 Å². The van der Waals surface area contributed by atoms with Crippen LogP contribution in [0.3, 0.4) is 0 Å². The van der Waals surface area contributed by atoms with Crippen molar-refractivity contribution in [3.63, 3.8) is 0 Å². The molecule has 1 aliphatic carbocycles. The zero-order valence-corrected chi connectivity index (χ0v) is 20.6. The fraction of sp³-hybridized carbons (Fsp3) is 0.385. The first kappa shape index (κ1) is 23.3. The van der Waals surface area contributed by atoms with Gasteiger partial charge in [-0.2, -0.15) is 0 Å². The van der Waals surface area contributed by atoms with Crippen molar-refractivity contribution in [2.75, 3.05) is 30.9 Å². The van der Waals surface area contributed by atoms with Crippen LogP contribution in [0.2, 0.25) is 5.02 Å². The first-order chi connectivity index (χ1) is 15.8. The molecule has 0 amide bonds. The van der Waals surface area contributed by atoms with E-state index in [4.69, 9.17) is 21.3 Å². The van der Waals surface area contributed by atoms with E-state index in [-0.39, 0.29) is 17.7 Å². The van der Waals surface area contributed by atoms with Gasteiger partial charge in [-0.25, -0.2) is 4.98 Å². The van der Waals surface area contributed by atoms with Gasteiger partial charge in [-0.15, -0.1) is 0 Å². The van der Waals surface area contributed by atoms with Crippen molar-refractivity contribution in [3.05, 3.63) is 74.7 Å². The van der Waals surface area contributed by atoms with Crippen molar-refractivity contribution in [2.24, 2.45) is 0 Å². The van der Waals surface area contributed by atoms with E-state index in [0.717, 1.165) is 17.7 Å². The maximum Gasteiger partial charge on any atom is 0.277 e. The second-order valence-electron chi connectivity index (χ2n) is 8.52. The van der Waals surface area contributed by atoms with Gasteiger partial charge in [0.05, 0.1) is 22.9 Å². The maximum absolute atomic E-state index is 13.6. The van der Waals surface area contributed by atoms with Gasteiger partial charge < -0.3 is 15.0 Å². The van der Waals surface area contributed by atoms with Crippen LogP contribution in [0, 0.1) is 6.92 Å². The predicted molar refractivity (Wildman–Crippen MR) is 136 cm³/mol. The number of aromatic nitrogens is 2. The Hall–Kier alpha value is -2.83. The van der Waals surface area contributed by atoms with Crippen molar-refractivity contribution in [1.82, 2.24) is 9.55 Å². The third kappa shape index (κ3) is 4.37. The van der Waals surface area contributed by atoms with Crippen molar-refractivity contribution >= 4 is 23.0 Å². The van der Waals surface area contributed by atoms with E-state index in [9.17, 15) is 4.79 Å². The summed E-state index contributed by atoms with van der Waals surface area (Å²) in [6.07, 6.45) is 0.788. The van der Waals surface area contributed by atoms with E-state index in [1.54, 1.807) is 4.57 Å². The van der Waals surface area contributed by atoms with Crippen molar-refractivity contribution in [3.8, 4) is 11.4 Å². The Kier molecular flexibility index (Phi) is 6.77. The first-order valence-electron chi connectivity index (χ1n) is 11.4. The molecule has 0 bridgehead atoms. The van der Waals surface area contributed by atoms with E-state index < -0.39 is 0 Å². The van der Waals surface area contributed by atoms with Gasteiger partial charge in [-0.1, -0.05) is 35.9 Å². The Bertz CT molecular complexity index is 1220. The van der Waals surface area contributed by atoms with Crippen LogP contribution in [0.4, 0.5) is 11.4 Å². The van der Waals surface area contributed by atoms with E-state index in [1.807, 2.05) is 70.1 Å². The van der Waals surface area contributed by atoms with Crippen LogP contribution >= 0.6 is 11.6 Å². The minimum atomic E-state index is -0.104. The van der Waals surface area contributed by atoms with Crippen LogP contribution in [-0.4, -0.2) is 36.4 Å². The summed E-state index contributed by atoms with van der Waals surface area (Å²) in [6.45, 7) is 6.91. The minimum Gasteiger partial charge on any atom is -0.378 e. The van der Waals surface area contributed by atoms with Crippen LogP contribution in [0.15, 0.2) is 47.3 Å². The Labute approximate surface area is 200 Å². The van der Waals surface area contributed by atoms with Gasteiger partial charge >= 0.3 is 0 Å². The third-order valence-electron chi connectivity index (χ3n) is 6.24. The van der Waals surface area contributed by atoms with Gasteiger partial charge in [0.25, 0.3) is 5.56 Å². The summed E-state index contributed by atoms with van der Waals surface area (Å²) in [7, 11) is 3.93. The highest BCUT2D eigenvalue weighted by Crippen LogP contribution is 2.36. The molecule has 7 heteroatoms. The minimum absolute atomic E-state index is 0.0334. The van der Waals surface area contributed by atoms with Crippen molar-refractivity contribution in [1.29, 1.82) is 0 Å². The standard InChI is InChI=1S/C26H31ClN4O2/c1-6-31-25(20-13-12-18(30(4)5)15-21(20)27)28-16(3)23(26(31)32)29-24-19-11-9-8-10-17(19)14-22(24)33-7-2/h8-13,15,22,24,29H,6-7,14H2,1-5H3/t22-,24+/m0/s1. The van der Waals surface area contributed by atoms with Crippen LogP contribution in [0.25, 0.3) is 11.4 Å². The van der Waals surface area contributed by atoms with Gasteiger partial charge in [0.15, 0.2) is 0 Å². The van der Waals surface area contributed by atoms with Crippen LogP contribution < -0.4 is 15.8 Å². The molecule has 1 aromatic heterocycles. The quantitative estimate of drug-likeness (QED) is 0.526. The third-order valence-corrected chi connectivity index (χ3v) is 6.55. The summed E-state index contributed by atoms with van der Waals surface area (Å²) in [5.74, 6) is 0.578. The summed E-state index contributed by atoms with van der Waals surface area (Å²) < 4.78 is 7.72. The van der Waals surface area contributed by atoms with E-state index >= 15 is 0 Å². The number of aryl methyl sites for hydroxylation is 1. The zero-order chi connectivity index (χ0) is 23.7. The molecule has 0 radical (unpaired) electrons. The van der Waals surface area contributed by atoms with Crippen molar-refractivity contribution < 1.29 is 4.74 Å². The monoisotopic (exact) mass is 466 g/mol. The molecule has 0 unspecified atom stereocenters. The molecule has 174 valence electrons. The lowest BCUT2D eigenvalue weighted by molar-refractivity contribution is 0.0574. The number of hydrogen-bond donors (Lipinski definition) is 1. The van der Waals surface area contributed by atoms with Gasteiger partial charge in [-0.05, 0) is 50.1 Å². The first-order valence-corrected chi connectivity index (χ1v) is 11.8. The summed E-state index contributed by atoms with van der Waals surface area (Å²) >= 11 is 6.61. The molecule has 6 nitrogen and oxygen atoms in total. The second kappa shape index (κ2) is 9.57. The lowest BCUT2D eigenvalue weighted by atomic mass is 10.1. The average molecular weight is 467 g/mol. The molecule has 1 heterocycles. The molecule has 1 aliphatic rings. The maximum atomic E-state index is 13.6. The molecule has 2 atom stereocenters. The predicted octanol–water partition coefficient (Wildman–Crippen LogP) is 5.07. The van der Waals surface area contributed by atoms with Gasteiger partial charge in [-0.3, -0.25) is 9.36 Å². The molecule has 3 aromatic rings. The van der Waals surface area contributed by atoms with E-state index in [2.05, 4.69) is 17.4 Å². The number of benzene rings is 2. The molecule has 1 N–H and O–H groups in total. The average Bonchev–Trinajstić information content (AvgIpc) is 3.13. The number of hydrogen-bond acceptors (Lipinski definition) is 5. The number of halogens is 1. The summed E-state index contributed by atoms with van der Waals surface area (Å²) in [5, 5.41) is 4.07. The molecule has 4 rings (SSSR count). The number of ether oxygens (including phenoxy) is 1. The molecule has 0 aliphatic heterocycles. The molecule has 0 fully saturated rings. The molecule has 2 aromatic carbocycles. The smallest absolute Gasteiger partial charge is 0.277 e. The number of anilines is 2. The van der Waals surface area contributed by atoms with Gasteiger partial charge in [0.2, 0.25) is 0 Å². The van der Waals surface area contributed by atoms with Gasteiger partial charge in [0.1, 0.15) is 11.5 Å². The summed E-state index contributed by atoms with van der Waals surface area (Å²) in [5.41, 5.74) is 5.20. The highest BCUT2D eigenvalue weighted by Gasteiger charge is 2.34. The topological polar surface area (TPSA) is 59.4 Å². The van der Waals surface area contributed by atoms with E-state index in [0.29, 0.717) is 35.4 Å². The number of rotatable bonds is 7. The zero-order valence-electron chi connectivity index (χ0n) is 19.9. The Morgan fingerprint density at radius 3 is 2.64 bits per heavy atom. The lowest BCUT2D eigenvalue weighted by Crippen LogP contribution is -2.32. The Morgan fingerprint density at radius 1 is 1.21 bits per heavy atom. The number of fused-ring (bicyclic) bond motifs is 1. The summed E-state index contributed by atoms with van der Waals surface area (Å²) in [4.78, 5) is 20.5. The van der Waals surface area contributed by atoms with Crippen LogP contribution in [0.5, 0.6) is 0 Å². The Morgan fingerprint density at radius 2 is 1.97 bits per heavy atom. The highest BCUT2D eigenvalue weighted by molar-refractivity contribution is 6.33. The lowest BCUT2D eigenvalue weighted by Gasteiger charge is -2.24. The number of nitrogens with zero attached hydrogens (tertiary/aromatic N) is 3. The molecule has 0 saturated heterocycles. The normalized spacial score (nSPS) is 17.2. The van der Waals surface area contributed by atoms with E-state index in [1.165, 1.54) is 11.1 Å². The second-order valence-corrected chi connectivity index (χ2v) is 8.93. The SMILES string of the molecule is CCO[C@H]1Cc2ccccc2[C@H]1Nc1c(C)nc(-c2ccc(N(C)C)cc2Cl)n(CC)c1=O. The molecule has 0 spiro atoms. The summed E-state index contributed by atoms with van der Waals surface area (Å²) in [6, 6.07) is 14.0. The highest BCUT2D eigenvalue weighted by atomic mass is 35.5. The molecular weight excluding hydrogens is 436 g/mol. The van der Waals surface area contributed by atoms with Gasteiger partial charge in [0, 0.05) is 44.9 Å². The largest absolute Gasteiger partial charge is 0.378 e. The fourth-order valence-electron chi connectivity index (χ4n) is 4.54. The molecular formula is C26H31ClN4O2. The Balaban J connectivity index is 1.77. The number of nitrogens with one attached hydrogen (secondary N) is 1. The molecule has 33 heavy (non-hydrogen) atoms. The van der Waals surface area contributed by atoms with Crippen molar-refractivity contribution in [2.45, 2.75) is 45.9 Å². The fourth-order valence-corrected chi connectivity index (χ4v) is 4.80.